The zero-order valence-corrected chi connectivity index (χ0v) is 22.2. The Morgan fingerprint density at radius 2 is 1.75 bits per heavy atom. The van der Waals surface area contributed by atoms with Crippen LogP contribution in [0.4, 0.5) is 17.7 Å². The lowest BCUT2D eigenvalue weighted by Crippen LogP contribution is -2.40. The number of hydrogen-bond donors (Lipinski definition) is 2. The molecule has 1 aromatic carbocycles. The van der Waals surface area contributed by atoms with E-state index in [1.807, 2.05) is 36.1 Å². The number of aryl methyl sites for hydroxylation is 1. The molecule has 3 heterocycles. The number of para-hydroxylation sites is 2. The van der Waals surface area contributed by atoms with Crippen LogP contribution in [0.5, 0.6) is 0 Å². The third kappa shape index (κ3) is 4.89. The van der Waals surface area contributed by atoms with Crippen LogP contribution >= 0.6 is 0 Å². The normalized spacial score (nSPS) is 15.1. The average molecular weight is 490 g/mol. The summed E-state index contributed by atoms with van der Waals surface area (Å²) >= 11 is 0. The zero-order chi connectivity index (χ0) is 25.2. The highest BCUT2D eigenvalue weighted by molar-refractivity contribution is 5.85. The summed E-state index contributed by atoms with van der Waals surface area (Å²) in [6.07, 6.45) is 8.12. The van der Waals surface area contributed by atoms with E-state index in [0.717, 1.165) is 47.1 Å². The first-order valence-corrected chi connectivity index (χ1v) is 13.3. The van der Waals surface area contributed by atoms with Crippen LogP contribution in [0.15, 0.2) is 30.6 Å². The first kappa shape index (κ1) is 24.5. The number of fused-ring (bicyclic) bond motifs is 2. The maximum Gasteiger partial charge on any atom is 0.233 e. The fourth-order valence-corrected chi connectivity index (χ4v) is 5.50. The monoisotopic (exact) mass is 489 g/mol. The molecule has 5 rings (SSSR count). The third-order valence-corrected chi connectivity index (χ3v) is 7.39. The van der Waals surface area contributed by atoms with Gasteiger partial charge in [-0.05, 0) is 52.7 Å². The van der Waals surface area contributed by atoms with Crippen LogP contribution in [-0.2, 0) is 7.05 Å². The molecule has 192 valence electrons. The van der Waals surface area contributed by atoms with Crippen molar-refractivity contribution in [3.8, 4) is 0 Å². The summed E-state index contributed by atoms with van der Waals surface area (Å²) in [5, 5.41) is 6.96. The van der Waals surface area contributed by atoms with Crippen molar-refractivity contribution in [3.05, 3.63) is 30.6 Å². The number of anilines is 3. The Hall–Kier alpha value is -3.20. The molecule has 0 bridgehead atoms. The second-order valence-corrected chi connectivity index (χ2v) is 10.5. The maximum absolute atomic E-state index is 4.95. The molecule has 0 spiro atoms. The van der Waals surface area contributed by atoms with E-state index in [2.05, 4.69) is 53.9 Å². The SMILES string of the molecule is CC(C)N(CCNc1nc(Nc2nc3ccccc3n2C)nc2c1ncn2C1CCCCC1)C(C)C. The van der Waals surface area contributed by atoms with E-state index in [0.29, 0.717) is 24.1 Å². The molecule has 0 unspecified atom stereocenters. The number of imidazole rings is 2. The van der Waals surface area contributed by atoms with Crippen molar-refractivity contribution in [2.45, 2.75) is 77.9 Å². The van der Waals surface area contributed by atoms with Gasteiger partial charge in [0, 0.05) is 38.3 Å². The number of rotatable bonds is 9. The summed E-state index contributed by atoms with van der Waals surface area (Å²) in [6.45, 7) is 10.7. The predicted octanol–water partition coefficient (Wildman–Crippen LogP) is 5.49. The minimum atomic E-state index is 0.437. The maximum atomic E-state index is 4.95. The molecule has 36 heavy (non-hydrogen) atoms. The molecule has 2 N–H and O–H groups in total. The van der Waals surface area contributed by atoms with Gasteiger partial charge >= 0.3 is 0 Å². The summed E-state index contributed by atoms with van der Waals surface area (Å²) < 4.78 is 4.30. The fourth-order valence-electron chi connectivity index (χ4n) is 5.50. The van der Waals surface area contributed by atoms with Crippen molar-refractivity contribution in [2.24, 2.45) is 7.05 Å². The second-order valence-electron chi connectivity index (χ2n) is 10.5. The molecular formula is C27H39N9. The molecule has 1 saturated carbocycles. The molecular weight excluding hydrogens is 450 g/mol. The number of nitrogens with one attached hydrogen (secondary N) is 2. The van der Waals surface area contributed by atoms with Gasteiger partial charge in [0.15, 0.2) is 17.0 Å². The number of aromatic nitrogens is 6. The van der Waals surface area contributed by atoms with Gasteiger partial charge in [-0.2, -0.15) is 9.97 Å². The summed E-state index contributed by atoms with van der Waals surface area (Å²) in [6, 6.07) is 9.52. The topological polar surface area (TPSA) is 88.7 Å². The number of benzene rings is 1. The van der Waals surface area contributed by atoms with Gasteiger partial charge in [0.2, 0.25) is 11.9 Å². The van der Waals surface area contributed by atoms with Gasteiger partial charge < -0.3 is 14.5 Å². The standard InChI is InChI=1S/C27H39N9/c1-18(2)35(19(3)4)16-15-28-24-23-25(36(17-29-23)20-11-7-6-8-12-20)32-26(31-24)33-27-30-21-13-9-10-14-22(21)34(27)5/h9-10,13-14,17-20H,6-8,11-12,15-16H2,1-5H3,(H2,28,30,31,32,33). The third-order valence-electron chi connectivity index (χ3n) is 7.39. The van der Waals surface area contributed by atoms with Crippen LogP contribution in [0, 0.1) is 0 Å². The van der Waals surface area contributed by atoms with E-state index in [1.165, 1.54) is 32.1 Å². The molecule has 4 aromatic rings. The molecule has 0 amide bonds. The number of hydrogen-bond acceptors (Lipinski definition) is 7. The first-order valence-electron chi connectivity index (χ1n) is 13.3. The largest absolute Gasteiger partial charge is 0.367 e. The Bertz CT molecular complexity index is 1310. The molecule has 0 radical (unpaired) electrons. The molecule has 3 aromatic heterocycles. The Morgan fingerprint density at radius 1 is 1.00 bits per heavy atom. The highest BCUT2D eigenvalue weighted by atomic mass is 15.3. The van der Waals surface area contributed by atoms with Gasteiger partial charge in [-0.25, -0.2) is 9.97 Å². The quantitative estimate of drug-likeness (QED) is 0.321. The van der Waals surface area contributed by atoms with E-state index in [1.54, 1.807) is 0 Å². The van der Waals surface area contributed by atoms with E-state index in [9.17, 15) is 0 Å². The molecule has 0 aliphatic heterocycles. The van der Waals surface area contributed by atoms with Crippen molar-refractivity contribution >= 4 is 39.9 Å². The van der Waals surface area contributed by atoms with Crippen molar-refractivity contribution in [2.75, 3.05) is 23.7 Å². The summed E-state index contributed by atoms with van der Waals surface area (Å²) in [4.78, 5) is 21.8. The highest BCUT2D eigenvalue weighted by Gasteiger charge is 2.22. The Kier molecular flexibility index (Phi) is 7.09. The zero-order valence-electron chi connectivity index (χ0n) is 22.2. The van der Waals surface area contributed by atoms with Crippen LogP contribution in [0.2, 0.25) is 0 Å². The van der Waals surface area contributed by atoms with Gasteiger partial charge in [0.1, 0.15) is 0 Å². The van der Waals surface area contributed by atoms with Gasteiger partial charge in [0.05, 0.1) is 17.4 Å². The van der Waals surface area contributed by atoms with E-state index in [-0.39, 0.29) is 0 Å². The number of nitrogens with zero attached hydrogens (tertiary/aromatic N) is 7. The lowest BCUT2D eigenvalue weighted by Gasteiger charge is -2.30. The average Bonchev–Trinajstić information content (AvgIpc) is 3.43. The molecule has 0 atom stereocenters. The van der Waals surface area contributed by atoms with Gasteiger partial charge in [-0.15, -0.1) is 0 Å². The van der Waals surface area contributed by atoms with E-state index < -0.39 is 0 Å². The first-order chi connectivity index (χ1) is 17.4. The summed E-state index contributed by atoms with van der Waals surface area (Å²) in [5.41, 5.74) is 3.72. The smallest absolute Gasteiger partial charge is 0.233 e. The van der Waals surface area contributed by atoms with Gasteiger partial charge in [0.25, 0.3) is 0 Å². The van der Waals surface area contributed by atoms with Crippen molar-refractivity contribution in [3.63, 3.8) is 0 Å². The van der Waals surface area contributed by atoms with Crippen LogP contribution in [0.3, 0.4) is 0 Å². The minimum absolute atomic E-state index is 0.437. The van der Waals surface area contributed by atoms with Crippen LogP contribution in [-0.4, -0.2) is 59.1 Å². The van der Waals surface area contributed by atoms with Crippen molar-refractivity contribution < 1.29 is 0 Å². The molecule has 9 heteroatoms. The predicted molar refractivity (Wildman–Crippen MR) is 147 cm³/mol. The molecule has 0 saturated heterocycles. The van der Waals surface area contributed by atoms with Crippen molar-refractivity contribution in [1.82, 2.24) is 34.0 Å². The van der Waals surface area contributed by atoms with Crippen LogP contribution in [0.25, 0.3) is 22.2 Å². The van der Waals surface area contributed by atoms with Crippen molar-refractivity contribution in [1.29, 1.82) is 0 Å². The summed E-state index contributed by atoms with van der Waals surface area (Å²) in [7, 11) is 2.01. The fraction of sp³-hybridized carbons (Fsp3) is 0.556. The van der Waals surface area contributed by atoms with E-state index in [4.69, 9.17) is 19.9 Å². The highest BCUT2D eigenvalue weighted by Crippen LogP contribution is 2.32. The Morgan fingerprint density at radius 3 is 2.47 bits per heavy atom. The molecule has 1 aliphatic carbocycles. The molecule has 9 nitrogen and oxygen atoms in total. The second kappa shape index (κ2) is 10.4. The Labute approximate surface area is 213 Å². The summed E-state index contributed by atoms with van der Waals surface area (Å²) in [5.74, 6) is 2.02. The van der Waals surface area contributed by atoms with Gasteiger partial charge in [-0.1, -0.05) is 31.4 Å². The van der Waals surface area contributed by atoms with Crippen LogP contribution < -0.4 is 10.6 Å². The molecule has 1 aliphatic rings. The molecule has 1 fully saturated rings. The Balaban J connectivity index is 1.48. The van der Waals surface area contributed by atoms with E-state index >= 15 is 0 Å². The van der Waals surface area contributed by atoms with Gasteiger partial charge in [-0.3, -0.25) is 10.2 Å². The minimum Gasteiger partial charge on any atom is -0.367 e. The lowest BCUT2D eigenvalue weighted by atomic mass is 9.95. The van der Waals surface area contributed by atoms with Crippen LogP contribution in [0.1, 0.15) is 65.8 Å². The lowest BCUT2D eigenvalue weighted by molar-refractivity contribution is 0.182.